The molecule has 0 aromatic heterocycles. The summed E-state index contributed by atoms with van der Waals surface area (Å²) in [5, 5.41) is 12.7. The smallest absolute Gasteiger partial charge is 0.387 e. The van der Waals surface area contributed by atoms with Crippen LogP contribution in [0.5, 0.6) is 11.5 Å². The van der Waals surface area contributed by atoms with Gasteiger partial charge in [-0.25, -0.2) is 9.18 Å². The molecule has 0 radical (unpaired) electrons. The highest BCUT2D eigenvalue weighted by molar-refractivity contribution is 6.07. The van der Waals surface area contributed by atoms with E-state index in [1.165, 1.54) is 55.5 Å². The minimum Gasteiger partial charge on any atom is -0.491 e. The number of ether oxygens (including phenoxy) is 2. The largest absolute Gasteiger partial charge is 0.491 e. The van der Waals surface area contributed by atoms with Gasteiger partial charge in [0.2, 0.25) is 0 Å². The normalized spacial score (nSPS) is 19.7. The molecule has 0 saturated carbocycles. The maximum absolute atomic E-state index is 12.9. The number of β-amino-alcohol motifs (C(OH)–C–C–N with tert-alkyl or cyclic N) is 1. The van der Waals surface area contributed by atoms with E-state index in [-0.39, 0.29) is 18.9 Å². The number of carbonyl (C=O) groups is 2. The molecule has 3 rings (SSSR count). The minimum absolute atomic E-state index is 0.0839. The molecular formula is C20H19F3N2O5. The number of rotatable bonds is 8. The highest BCUT2D eigenvalue weighted by atomic mass is 19.3. The number of urea groups is 1. The molecule has 2 unspecified atom stereocenters. The Balaban J connectivity index is 1.63. The van der Waals surface area contributed by atoms with Crippen LogP contribution in [0.4, 0.5) is 18.0 Å². The van der Waals surface area contributed by atoms with Crippen LogP contribution in [0.3, 0.4) is 0 Å². The van der Waals surface area contributed by atoms with Crippen LogP contribution < -0.4 is 14.8 Å². The van der Waals surface area contributed by atoms with E-state index >= 15 is 0 Å². The number of halogens is 3. The van der Waals surface area contributed by atoms with E-state index in [9.17, 15) is 27.9 Å². The lowest BCUT2D eigenvalue weighted by atomic mass is 9.92. The zero-order chi connectivity index (χ0) is 21.9. The van der Waals surface area contributed by atoms with Gasteiger partial charge in [-0.05, 0) is 48.9 Å². The molecule has 7 nitrogen and oxygen atoms in total. The Morgan fingerprint density at radius 3 is 2.27 bits per heavy atom. The zero-order valence-corrected chi connectivity index (χ0v) is 15.8. The first-order chi connectivity index (χ1) is 14.2. The van der Waals surface area contributed by atoms with Gasteiger partial charge in [-0.1, -0.05) is 12.1 Å². The van der Waals surface area contributed by atoms with Crippen molar-refractivity contribution >= 4 is 11.9 Å². The molecule has 1 aliphatic heterocycles. The fourth-order valence-corrected chi connectivity index (χ4v) is 3.01. The molecule has 0 spiro atoms. The summed E-state index contributed by atoms with van der Waals surface area (Å²) in [5.41, 5.74) is -1.07. The van der Waals surface area contributed by atoms with Crippen LogP contribution in [0.1, 0.15) is 12.5 Å². The molecule has 30 heavy (non-hydrogen) atoms. The average Bonchev–Trinajstić information content (AvgIpc) is 2.91. The van der Waals surface area contributed by atoms with Crippen molar-refractivity contribution in [2.24, 2.45) is 0 Å². The van der Waals surface area contributed by atoms with Crippen molar-refractivity contribution in [2.45, 2.75) is 25.2 Å². The monoisotopic (exact) mass is 424 g/mol. The molecule has 1 saturated heterocycles. The van der Waals surface area contributed by atoms with Crippen LogP contribution in [0, 0.1) is 5.82 Å². The third kappa shape index (κ3) is 4.65. The average molecular weight is 424 g/mol. The number of hydrogen-bond donors (Lipinski definition) is 2. The second-order valence-electron chi connectivity index (χ2n) is 6.79. The van der Waals surface area contributed by atoms with Gasteiger partial charge in [-0.15, -0.1) is 0 Å². The Labute approximate surface area is 170 Å². The van der Waals surface area contributed by atoms with E-state index in [0.717, 1.165) is 4.90 Å². The summed E-state index contributed by atoms with van der Waals surface area (Å²) in [6.07, 6.45) is -1.19. The van der Waals surface area contributed by atoms with E-state index in [4.69, 9.17) is 4.74 Å². The van der Waals surface area contributed by atoms with Crippen molar-refractivity contribution < 1.29 is 37.3 Å². The Kier molecular flexibility index (Phi) is 6.16. The number of amides is 3. The van der Waals surface area contributed by atoms with Gasteiger partial charge in [0.15, 0.2) is 0 Å². The van der Waals surface area contributed by atoms with E-state index in [2.05, 4.69) is 10.1 Å². The molecule has 2 atom stereocenters. The molecule has 1 aliphatic rings. The molecule has 2 aromatic rings. The molecule has 3 amide bonds. The Hall–Kier alpha value is -3.27. The molecule has 0 aliphatic carbocycles. The van der Waals surface area contributed by atoms with Crippen LogP contribution >= 0.6 is 0 Å². The highest BCUT2D eigenvalue weighted by Gasteiger charge is 2.49. The molecule has 2 N–H and O–H groups in total. The summed E-state index contributed by atoms with van der Waals surface area (Å²) in [6.45, 7) is -2.06. The van der Waals surface area contributed by atoms with Gasteiger partial charge < -0.3 is 19.9 Å². The van der Waals surface area contributed by atoms with Crippen LogP contribution in [0.2, 0.25) is 0 Å². The maximum Gasteiger partial charge on any atom is 0.387 e. The summed E-state index contributed by atoms with van der Waals surface area (Å²) in [7, 11) is 0. The zero-order valence-electron chi connectivity index (χ0n) is 15.8. The topological polar surface area (TPSA) is 88.1 Å². The summed E-state index contributed by atoms with van der Waals surface area (Å²) < 4.78 is 47.1. The minimum atomic E-state index is -2.98. The number of aliphatic hydroxyl groups is 1. The summed E-state index contributed by atoms with van der Waals surface area (Å²) in [4.78, 5) is 26.0. The van der Waals surface area contributed by atoms with Crippen molar-refractivity contribution in [3.05, 3.63) is 59.9 Å². The van der Waals surface area contributed by atoms with E-state index in [1.807, 2.05) is 0 Å². The number of benzene rings is 2. The van der Waals surface area contributed by atoms with Crippen LogP contribution in [0.15, 0.2) is 48.5 Å². The van der Waals surface area contributed by atoms with Gasteiger partial charge in [-0.2, -0.15) is 8.78 Å². The van der Waals surface area contributed by atoms with Crippen LogP contribution in [-0.4, -0.2) is 47.8 Å². The molecule has 2 aromatic carbocycles. The maximum atomic E-state index is 12.9. The fourth-order valence-electron chi connectivity index (χ4n) is 3.01. The van der Waals surface area contributed by atoms with Crippen LogP contribution in [-0.2, 0) is 10.3 Å². The lowest BCUT2D eigenvalue weighted by Gasteiger charge is -2.23. The third-order valence-corrected chi connectivity index (χ3v) is 4.58. The van der Waals surface area contributed by atoms with Crippen molar-refractivity contribution in [2.75, 3.05) is 13.2 Å². The van der Waals surface area contributed by atoms with Gasteiger partial charge in [0.1, 0.15) is 35.6 Å². The van der Waals surface area contributed by atoms with E-state index in [1.54, 1.807) is 0 Å². The van der Waals surface area contributed by atoms with Gasteiger partial charge in [0.25, 0.3) is 5.91 Å². The molecule has 160 valence electrons. The van der Waals surface area contributed by atoms with E-state index in [0.29, 0.717) is 11.3 Å². The number of imide groups is 1. The Morgan fingerprint density at radius 2 is 1.67 bits per heavy atom. The predicted octanol–water partition coefficient (Wildman–Crippen LogP) is 2.63. The van der Waals surface area contributed by atoms with Crippen molar-refractivity contribution in [1.82, 2.24) is 10.2 Å². The molecule has 0 bridgehead atoms. The van der Waals surface area contributed by atoms with Gasteiger partial charge in [-0.3, -0.25) is 9.69 Å². The number of hydrogen-bond acceptors (Lipinski definition) is 5. The van der Waals surface area contributed by atoms with Gasteiger partial charge in [0.05, 0.1) is 6.54 Å². The van der Waals surface area contributed by atoms with Crippen molar-refractivity contribution in [3.63, 3.8) is 0 Å². The summed E-state index contributed by atoms with van der Waals surface area (Å²) in [5.74, 6) is -0.811. The summed E-state index contributed by atoms with van der Waals surface area (Å²) >= 11 is 0. The van der Waals surface area contributed by atoms with Crippen LogP contribution in [0.25, 0.3) is 0 Å². The lowest BCUT2D eigenvalue weighted by Crippen LogP contribution is -2.42. The third-order valence-electron chi connectivity index (χ3n) is 4.58. The van der Waals surface area contributed by atoms with Gasteiger partial charge >= 0.3 is 12.6 Å². The predicted molar refractivity (Wildman–Crippen MR) is 98.6 cm³/mol. The Morgan fingerprint density at radius 1 is 1.07 bits per heavy atom. The quantitative estimate of drug-likeness (QED) is 0.637. The lowest BCUT2D eigenvalue weighted by molar-refractivity contribution is -0.132. The SMILES string of the molecule is CC1(c2ccc(OC(F)F)cc2)NC(=O)N(CC(O)COc2ccc(F)cc2)C1=O. The second kappa shape index (κ2) is 8.62. The number of alkyl halides is 2. The summed E-state index contributed by atoms with van der Waals surface area (Å²) in [6, 6.07) is 9.77. The van der Waals surface area contributed by atoms with Gasteiger partial charge in [0, 0.05) is 0 Å². The number of aliphatic hydroxyl groups excluding tert-OH is 1. The fraction of sp³-hybridized carbons (Fsp3) is 0.300. The Bertz CT molecular complexity index is 908. The molecular weight excluding hydrogens is 405 g/mol. The highest BCUT2D eigenvalue weighted by Crippen LogP contribution is 2.30. The number of carbonyl (C=O) groups excluding carboxylic acids is 2. The molecule has 10 heteroatoms. The standard InChI is InChI=1S/C20H19F3N2O5/c1-20(12-2-6-16(7-3-12)30-18(22)23)17(27)25(19(28)24-20)10-14(26)11-29-15-8-4-13(21)5-9-15/h2-9,14,18,26H,10-11H2,1H3,(H,24,28). The van der Waals surface area contributed by atoms with E-state index < -0.39 is 36.0 Å². The first-order valence-corrected chi connectivity index (χ1v) is 8.95. The first kappa shape index (κ1) is 21.4. The number of nitrogens with one attached hydrogen (secondary N) is 1. The van der Waals surface area contributed by atoms with Crippen molar-refractivity contribution in [1.29, 1.82) is 0 Å². The first-order valence-electron chi connectivity index (χ1n) is 8.95. The second-order valence-corrected chi connectivity index (χ2v) is 6.79. The number of nitrogens with zero attached hydrogens (tertiary/aromatic N) is 1. The molecule has 1 heterocycles. The van der Waals surface area contributed by atoms with Crippen molar-refractivity contribution in [3.8, 4) is 11.5 Å². The molecule has 1 fully saturated rings.